The largest absolute Gasteiger partial charge is 0.324 e. The van der Waals surface area contributed by atoms with Crippen LogP contribution in [0.3, 0.4) is 0 Å². The molecule has 0 saturated heterocycles. The molecule has 1 atom stereocenters. The van der Waals surface area contributed by atoms with Crippen LogP contribution >= 0.6 is 0 Å². The maximum Gasteiger partial charge on any atom is 0.242 e. The van der Waals surface area contributed by atoms with Gasteiger partial charge in [0.05, 0.1) is 10.9 Å². The van der Waals surface area contributed by atoms with Crippen LogP contribution in [0.1, 0.15) is 31.9 Å². The molecule has 0 aromatic heterocycles. The molecule has 1 unspecified atom stereocenters. The molecule has 0 heterocycles. The lowest BCUT2D eigenvalue weighted by atomic mass is 10.0. The summed E-state index contributed by atoms with van der Waals surface area (Å²) in [5.41, 5.74) is 2.72. The van der Waals surface area contributed by atoms with Crippen LogP contribution in [-0.2, 0) is 27.7 Å². The number of nitrogens with one attached hydrogen (secondary N) is 2. The lowest BCUT2D eigenvalue weighted by molar-refractivity contribution is -0.117. The van der Waals surface area contributed by atoms with Crippen molar-refractivity contribution in [1.82, 2.24) is 4.72 Å². The quantitative estimate of drug-likeness (QED) is 0.777. The summed E-state index contributed by atoms with van der Waals surface area (Å²) in [4.78, 5) is 12.4. The zero-order valence-electron chi connectivity index (χ0n) is 15.0. The molecule has 0 aliphatic rings. The summed E-state index contributed by atoms with van der Waals surface area (Å²) >= 11 is 0. The van der Waals surface area contributed by atoms with Crippen LogP contribution in [0.15, 0.2) is 47.4 Å². The number of anilines is 1. The average molecular weight is 378 g/mol. The monoisotopic (exact) mass is 378 g/mol. The third-order valence-electron chi connectivity index (χ3n) is 4.10. The van der Waals surface area contributed by atoms with Gasteiger partial charge >= 0.3 is 0 Å². The summed E-state index contributed by atoms with van der Waals surface area (Å²) in [6.07, 6.45) is 1.50. The van der Waals surface area contributed by atoms with Crippen LogP contribution < -0.4 is 10.0 Å². The molecule has 5 nitrogen and oxygen atoms in total. The first-order valence-corrected chi connectivity index (χ1v) is 9.96. The second-order valence-corrected chi connectivity index (χ2v) is 7.66. The van der Waals surface area contributed by atoms with Gasteiger partial charge in [-0.05, 0) is 55.2 Å². The summed E-state index contributed by atoms with van der Waals surface area (Å²) in [5, 5.41) is 2.84. The van der Waals surface area contributed by atoms with Crippen molar-refractivity contribution in [2.45, 2.75) is 44.6 Å². The smallest absolute Gasteiger partial charge is 0.242 e. The molecule has 1 amide bonds. The highest BCUT2D eigenvalue weighted by molar-refractivity contribution is 7.89. The van der Waals surface area contributed by atoms with E-state index >= 15 is 0 Å². The highest BCUT2D eigenvalue weighted by Crippen LogP contribution is 2.23. The van der Waals surface area contributed by atoms with Crippen molar-refractivity contribution in [2.24, 2.45) is 0 Å². The van der Waals surface area contributed by atoms with Crippen LogP contribution in [0.2, 0.25) is 0 Å². The fourth-order valence-electron chi connectivity index (χ4n) is 2.60. The normalized spacial score (nSPS) is 12.6. The summed E-state index contributed by atoms with van der Waals surface area (Å²) < 4.78 is 40.0. The van der Waals surface area contributed by atoms with E-state index in [4.69, 9.17) is 0 Å². The molecule has 26 heavy (non-hydrogen) atoms. The fourth-order valence-corrected chi connectivity index (χ4v) is 3.81. The number of aryl methyl sites for hydroxylation is 2. The first-order valence-electron chi connectivity index (χ1n) is 8.48. The second kappa shape index (κ2) is 8.42. The fraction of sp³-hybridized carbons (Fsp3) is 0.316. The molecule has 2 N–H and O–H groups in total. The Morgan fingerprint density at radius 3 is 2.08 bits per heavy atom. The summed E-state index contributed by atoms with van der Waals surface area (Å²) in [6.45, 7) is 5.45. The Morgan fingerprint density at radius 1 is 1.04 bits per heavy atom. The molecule has 2 aromatic carbocycles. The van der Waals surface area contributed by atoms with Crippen molar-refractivity contribution in [3.63, 3.8) is 0 Å². The lowest BCUT2D eigenvalue weighted by Gasteiger charge is -2.18. The minimum absolute atomic E-state index is 0.0956. The predicted molar refractivity (Wildman–Crippen MR) is 100 cm³/mol. The van der Waals surface area contributed by atoms with Crippen LogP contribution in [-0.4, -0.2) is 20.4 Å². The highest BCUT2D eigenvalue weighted by Gasteiger charge is 2.23. The Balaban J connectivity index is 2.17. The molecular formula is C19H23FN2O3S. The van der Waals surface area contributed by atoms with Crippen LogP contribution in [0, 0.1) is 5.82 Å². The molecule has 140 valence electrons. The van der Waals surface area contributed by atoms with Crippen LogP contribution in [0.4, 0.5) is 10.1 Å². The molecule has 2 rings (SSSR count). The number of para-hydroxylation sites is 1. The second-order valence-electron chi connectivity index (χ2n) is 5.94. The molecule has 0 bridgehead atoms. The Labute approximate surface area is 153 Å². The van der Waals surface area contributed by atoms with E-state index in [1.54, 1.807) is 0 Å². The van der Waals surface area contributed by atoms with E-state index in [1.807, 2.05) is 32.0 Å². The van der Waals surface area contributed by atoms with E-state index in [1.165, 1.54) is 6.92 Å². The number of hydrogen-bond acceptors (Lipinski definition) is 3. The van der Waals surface area contributed by atoms with Crippen molar-refractivity contribution in [1.29, 1.82) is 0 Å². The third-order valence-corrected chi connectivity index (χ3v) is 5.65. The number of rotatable bonds is 7. The molecule has 2 aromatic rings. The van der Waals surface area contributed by atoms with Gasteiger partial charge in [-0.25, -0.2) is 12.8 Å². The Morgan fingerprint density at radius 2 is 1.58 bits per heavy atom. The molecule has 0 aliphatic heterocycles. The first kappa shape index (κ1) is 20.1. The van der Waals surface area contributed by atoms with Gasteiger partial charge in [-0.1, -0.05) is 32.0 Å². The molecule has 0 fully saturated rings. The van der Waals surface area contributed by atoms with E-state index in [2.05, 4.69) is 10.0 Å². The summed E-state index contributed by atoms with van der Waals surface area (Å²) in [5.74, 6) is -0.982. The molecule has 7 heteroatoms. The maximum atomic E-state index is 13.0. The van der Waals surface area contributed by atoms with Crippen LogP contribution in [0.5, 0.6) is 0 Å². The Kier molecular flexibility index (Phi) is 6.50. The third kappa shape index (κ3) is 4.68. The Bertz CT molecular complexity index is 858. The molecule has 0 spiro atoms. The van der Waals surface area contributed by atoms with E-state index in [-0.39, 0.29) is 4.90 Å². The average Bonchev–Trinajstić information content (AvgIpc) is 2.61. The number of carbonyl (C=O) groups is 1. The van der Waals surface area contributed by atoms with E-state index in [0.29, 0.717) is 0 Å². The molecule has 0 radical (unpaired) electrons. The van der Waals surface area contributed by atoms with Gasteiger partial charge < -0.3 is 5.32 Å². The summed E-state index contributed by atoms with van der Waals surface area (Å²) in [6, 6.07) is 9.25. The van der Waals surface area contributed by atoms with Crippen molar-refractivity contribution in [3.05, 3.63) is 59.4 Å². The van der Waals surface area contributed by atoms with Gasteiger partial charge in [0.1, 0.15) is 5.82 Å². The highest BCUT2D eigenvalue weighted by atomic mass is 32.2. The SMILES string of the molecule is CCc1cccc(CC)c1NC(=O)C(C)NS(=O)(=O)c1ccc(F)cc1. The zero-order valence-corrected chi connectivity index (χ0v) is 15.9. The standard InChI is InChI=1S/C19H23FN2O3S/c1-4-14-7-6-8-15(5-2)18(14)21-19(23)13(3)22-26(24,25)17-11-9-16(20)10-12-17/h6-13,22H,4-5H2,1-3H3,(H,21,23). The van der Waals surface area contributed by atoms with Gasteiger partial charge in [0.25, 0.3) is 0 Å². The van der Waals surface area contributed by atoms with Gasteiger partial charge in [-0.2, -0.15) is 4.72 Å². The number of hydrogen-bond donors (Lipinski definition) is 2. The lowest BCUT2D eigenvalue weighted by Crippen LogP contribution is -2.41. The van der Waals surface area contributed by atoms with Crippen molar-refractivity contribution < 1.29 is 17.6 Å². The van der Waals surface area contributed by atoms with Crippen molar-refractivity contribution in [2.75, 3.05) is 5.32 Å². The number of halogens is 1. The van der Waals surface area contributed by atoms with Crippen LogP contribution in [0.25, 0.3) is 0 Å². The minimum atomic E-state index is -3.92. The van der Waals surface area contributed by atoms with Crippen molar-refractivity contribution >= 4 is 21.6 Å². The van der Waals surface area contributed by atoms with Gasteiger partial charge in [0.2, 0.25) is 15.9 Å². The van der Waals surface area contributed by atoms with Crippen molar-refractivity contribution in [3.8, 4) is 0 Å². The maximum absolute atomic E-state index is 13.0. The first-order chi connectivity index (χ1) is 12.3. The van der Waals surface area contributed by atoms with Gasteiger partial charge in [-0.15, -0.1) is 0 Å². The molecular weight excluding hydrogens is 355 g/mol. The number of sulfonamides is 1. The zero-order chi connectivity index (χ0) is 19.3. The summed E-state index contributed by atoms with van der Waals surface area (Å²) in [7, 11) is -3.92. The topological polar surface area (TPSA) is 75.3 Å². The number of amides is 1. The van der Waals surface area contributed by atoms with Gasteiger partial charge in [0, 0.05) is 5.69 Å². The van der Waals surface area contributed by atoms with E-state index in [0.717, 1.165) is 53.9 Å². The molecule has 0 aliphatic carbocycles. The number of benzene rings is 2. The predicted octanol–water partition coefficient (Wildman–Crippen LogP) is 3.26. The number of carbonyl (C=O) groups excluding carboxylic acids is 1. The van der Waals surface area contributed by atoms with Gasteiger partial charge in [0.15, 0.2) is 0 Å². The molecule has 0 saturated carbocycles. The van der Waals surface area contributed by atoms with Gasteiger partial charge in [-0.3, -0.25) is 4.79 Å². The van der Waals surface area contributed by atoms with E-state index in [9.17, 15) is 17.6 Å². The minimum Gasteiger partial charge on any atom is -0.324 e. The Hall–Kier alpha value is -2.25. The van der Waals surface area contributed by atoms with E-state index < -0.39 is 27.8 Å².